The maximum absolute atomic E-state index is 11.6. The van der Waals surface area contributed by atoms with Crippen molar-refractivity contribution in [3.8, 4) is 17.2 Å². The Hall–Kier alpha value is -3.67. The van der Waals surface area contributed by atoms with Crippen LogP contribution in [0.3, 0.4) is 0 Å². The van der Waals surface area contributed by atoms with E-state index in [-0.39, 0.29) is 11.2 Å². The zero-order valence-corrected chi connectivity index (χ0v) is 13.9. The average molecular weight is 346 g/mol. The Bertz CT molecular complexity index is 1130. The quantitative estimate of drug-likeness (QED) is 0.292. The molecule has 0 bridgehead atoms. The van der Waals surface area contributed by atoms with Gasteiger partial charge in [0.2, 0.25) is 0 Å². The lowest BCUT2D eigenvalue weighted by molar-refractivity contribution is -0.383. The van der Waals surface area contributed by atoms with Crippen LogP contribution in [-0.2, 0) is 0 Å². The highest BCUT2D eigenvalue weighted by molar-refractivity contribution is 6.04. The lowest BCUT2D eigenvalue weighted by Gasteiger charge is -2.13. The number of pyridine rings is 1. The summed E-state index contributed by atoms with van der Waals surface area (Å²) in [6.45, 7) is 0. The van der Waals surface area contributed by atoms with Gasteiger partial charge in [-0.15, -0.1) is 0 Å². The topological polar surface area (TPSA) is 74.5 Å². The van der Waals surface area contributed by atoms with Gasteiger partial charge in [0, 0.05) is 5.39 Å². The maximum atomic E-state index is 11.6. The number of rotatable bonds is 4. The molecule has 1 aromatic heterocycles. The fraction of sp³-hybridized carbons (Fsp3) is 0.0500. The molecule has 26 heavy (non-hydrogen) atoms. The van der Waals surface area contributed by atoms with E-state index in [1.807, 2.05) is 48.5 Å². The summed E-state index contributed by atoms with van der Waals surface area (Å²) in [5.41, 5.74) is 0.766. The zero-order chi connectivity index (χ0) is 18.1. The van der Waals surface area contributed by atoms with Crippen LogP contribution in [0, 0.1) is 10.1 Å². The average Bonchev–Trinajstić information content (AvgIpc) is 2.67. The Labute approximate surface area is 148 Å². The van der Waals surface area contributed by atoms with Gasteiger partial charge in [0.05, 0.1) is 29.0 Å². The van der Waals surface area contributed by atoms with Gasteiger partial charge in [-0.1, -0.05) is 30.3 Å². The van der Waals surface area contributed by atoms with E-state index < -0.39 is 4.92 Å². The van der Waals surface area contributed by atoms with Crippen LogP contribution < -0.4 is 9.47 Å². The molecule has 6 heteroatoms. The van der Waals surface area contributed by atoms with Crippen molar-refractivity contribution < 1.29 is 14.4 Å². The fourth-order valence-corrected chi connectivity index (χ4v) is 2.89. The lowest BCUT2D eigenvalue weighted by atomic mass is 10.1. The van der Waals surface area contributed by atoms with Gasteiger partial charge in [0.1, 0.15) is 17.2 Å². The van der Waals surface area contributed by atoms with E-state index in [9.17, 15) is 10.1 Å². The molecule has 4 aromatic rings. The Morgan fingerprint density at radius 3 is 2.38 bits per heavy atom. The summed E-state index contributed by atoms with van der Waals surface area (Å²) in [5, 5.41) is 12.9. The molecule has 0 spiro atoms. The highest BCUT2D eigenvalue weighted by atomic mass is 16.6. The van der Waals surface area contributed by atoms with Crippen molar-refractivity contribution in [1.82, 2.24) is 4.98 Å². The molecule has 0 atom stereocenters. The smallest absolute Gasteiger partial charge is 0.299 e. The molecule has 4 rings (SSSR count). The van der Waals surface area contributed by atoms with Crippen molar-refractivity contribution in [3.63, 3.8) is 0 Å². The summed E-state index contributed by atoms with van der Waals surface area (Å²) in [4.78, 5) is 15.6. The van der Waals surface area contributed by atoms with Crippen LogP contribution in [0.25, 0.3) is 21.8 Å². The number of ether oxygens (including phenoxy) is 2. The molecule has 0 amide bonds. The minimum atomic E-state index is -0.459. The Morgan fingerprint density at radius 1 is 0.923 bits per heavy atom. The number of para-hydroxylation sites is 2. The van der Waals surface area contributed by atoms with Gasteiger partial charge in [0.25, 0.3) is 5.69 Å². The number of hydrogen-bond donors (Lipinski definition) is 0. The molecule has 1 heterocycles. The predicted octanol–water partition coefficient (Wildman–Crippen LogP) is 5.10. The summed E-state index contributed by atoms with van der Waals surface area (Å²) in [6.07, 6.45) is 0. The number of benzene rings is 3. The molecule has 0 aliphatic carbocycles. The van der Waals surface area contributed by atoms with Crippen LogP contribution >= 0.6 is 0 Å². The monoisotopic (exact) mass is 346 g/mol. The molecule has 3 aromatic carbocycles. The van der Waals surface area contributed by atoms with Crippen LogP contribution in [0.2, 0.25) is 0 Å². The number of nitrogens with zero attached hydrogens (tertiary/aromatic N) is 2. The first kappa shape index (κ1) is 15.8. The molecule has 0 aliphatic heterocycles. The second kappa shape index (κ2) is 6.33. The van der Waals surface area contributed by atoms with E-state index in [1.54, 1.807) is 12.1 Å². The van der Waals surface area contributed by atoms with Gasteiger partial charge in [0.15, 0.2) is 5.52 Å². The van der Waals surface area contributed by atoms with E-state index in [0.717, 1.165) is 5.39 Å². The second-order valence-electron chi connectivity index (χ2n) is 5.67. The molecule has 0 saturated carbocycles. The largest absolute Gasteiger partial charge is 0.496 e. The molecule has 0 aliphatic rings. The first-order valence-electron chi connectivity index (χ1n) is 7.95. The van der Waals surface area contributed by atoms with Gasteiger partial charge in [-0.3, -0.25) is 10.1 Å². The normalized spacial score (nSPS) is 10.8. The van der Waals surface area contributed by atoms with E-state index >= 15 is 0 Å². The fourth-order valence-electron chi connectivity index (χ4n) is 2.89. The van der Waals surface area contributed by atoms with Crippen LogP contribution in [0.5, 0.6) is 17.2 Å². The molecule has 0 unspecified atom stereocenters. The SMILES string of the molecule is COc1cc([N+](=O)[O-])c2nc3ccccc3c(Oc3ccccc3)c2c1. The third kappa shape index (κ3) is 2.67. The van der Waals surface area contributed by atoms with Crippen molar-refractivity contribution in [2.24, 2.45) is 0 Å². The van der Waals surface area contributed by atoms with Crippen LogP contribution in [-0.4, -0.2) is 17.0 Å². The van der Waals surface area contributed by atoms with E-state index in [1.165, 1.54) is 13.2 Å². The highest BCUT2D eigenvalue weighted by Crippen LogP contribution is 2.41. The Kier molecular flexibility index (Phi) is 3.85. The lowest BCUT2D eigenvalue weighted by Crippen LogP contribution is -1.97. The Balaban J connectivity index is 2.10. The molecule has 0 radical (unpaired) electrons. The van der Waals surface area contributed by atoms with Crippen LogP contribution in [0.15, 0.2) is 66.7 Å². The maximum Gasteiger partial charge on any atom is 0.299 e. The molecular formula is C20H14N2O4. The number of hydrogen-bond acceptors (Lipinski definition) is 5. The van der Waals surface area contributed by atoms with Crippen molar-refractivity contribution in [1.29, 1.82) is 0 Å². The zero-order valence-electron chi connectivity index (χ0n) is 13.9. The highest BCUT2D eigenvalue weighted by Gasteiger charge is 2.21. The van der Waals surface area contributed by atoms with Gasteiger partial charge >= 0.3 is 0 Å². The van der Waals surface area contributed by atoms with E-state index in [4.69, 9.17) is 9.47 Å². The minimum absolute atomic E-state index is 0.122. The van der Waals surface area contributed by atoms with Gasteiger partial charge in [-0.25, -0.2) is 4.98 Å². The molecule has 128 valence electrons. The van der Waals surface area contributed by atoms with E-state index in [0.29, 0.717) is 28.2 Å². The first-order chi connectivity index (χ1) is 12.7. The predicted molar refractivity (Wildman–Crippen MR) is 99.0 cm³/mol. The third-order valence-electron chi connectivity index (χ3n) is 4.08. The van der Waals surface area contributed by atoms with Crippen LogP contribution in [0.4, 0.5) is 5.69 Å². The summed E-state index contributed by atoms with van der Waals surface area (Å²) >= 11 is 0. The summed E-state index contributed by atoms with van der Waals surface area (Å²) in [7, 11) is 1.47. The van der Waals surface area contributed by atoms with Crippen molar-refractivity contribution in [2.75, 3.05) is 7.11 Å². The minimum Gasteiger partial charge on any atom is -0.496 e. The van der Waals surface area contributed by atoms with E-state index in [2.05, 4.69) is 4.98 Å². The summed E-state index contributed by atoms with van der Waals surface area (Å²) in [6, 6.07) is 19.8. The number of nitro groups is 1. The molecule has 0 saturated heterocycles. The first-order valence-corrected chi connectivity index (χ1v) is 7.95. The van der Waals surface area contributed by atoms with Gasteiger partial charge in [-0.2, -0.15) is 0 Å². The number of nitro benzene ring substituents is 1. The number of methoxy groups -OCH3 is 1. The standard InChI is InChI=1S/C20H14N2O4/c1-25-14-11-16-19(18(12-14)22(23)24)21-17-10-6-5-9-15(17)20(16)26-13-7-3-2-4-8-13/h2-12H,1H3. The van der Waals surface area contributed by atoms with Gasteiger partial charge < -0.3 is 9.47 Å². The molecule has 0 fully saturated rings. The Morgan fingerprint density at radius 2 is 1.65 bits per heavy atom. The molecule has 0 N–H and O–H groups in total. The van der Waals surface area contributed by atoms with Crippen LogP contribution in [0.1, 0.15) is 0 Å². The molecule has 6 nitrogen and oxygen atoms in total. The summed E-state index contributed by atoms with van der Waals surface area (Å²) < 4.78 is 11.4. The molecular weight excluding hydrogens is 332 g/mol. The second-order valence-corrected chi connectivity index (χ2v) is 5.67. The number of fused-ring (bicyclic) bond motifs is 2. The van der Waals surface area contributed by atoms with Crippen molar-refractivity contribution in [3.05, 3.63) is 76.8 Å². The number of aromatic nitrogens is 1. The third-order valence-corrected chi connectivity index (χ3v) is 4.08. The van der Waals surface area contributed by atoms with Crippen molar-refractivity contribution in [2.45, 2.75) is 0 Å². The summed E-state index contributed by atoms with van der Waals surface area (Å²) in [5.74, 6) is 1.52. The van der Waals surface area contributed by atoms with Gasteiger partial charge in [-0.05, 0) is 30.3 Å². The van der Waals surface area contributed by atoms with Crippen molar-refractivity contribution >= 4 is 27.5 Å². The number of non-ortho nitro benzene ring substituents is 1.